The van der Waals surface area contributed by atoms with Crippen LogP contribution in [0.1, 0.15) is 5.56 Å². The summed E-state index contributed by atoms with van der Waals surface area (Å²) in [5, 5.41) is 1.79. The molecule has 0 radical (unpaired) electrons. The van der Waals surface area contributed by atoms with Crippen LogP contribution >= 0.6 is 39.3 Å². The van der Waals surface area contributed by atoms with Gasteiger partial charge in [-0.15, -0.1) is 0 Å². The lowest BCUT2D eigenvalue weighted by molar-refractivity contribution is 0.790. The molecule has 5 heteroatoms. The smallest absolute Gasteiger partial charge is 0.167 e. The van der Waals surface area contributed by atoms with Gasteiger partial charge in [-0.2, -0.15) is 0 Å². The van der Waals surface area contributed by atoms with E-state index in [-0.39, 0.29) is 0 Å². The van der Waals surface area contributed by atoms with Crippen molar-refractivity contribution >= 4 is 39.3 Å². The third-order valence-corrected chi connectivity index (χ3v) is 4.10. The summed E-state index contributed by atoms with van der Waals surface area (Å²) in [6.45, 7) is 0. The highest BCUT2D eigenvalue weighted by atomic mass is 79.9. The largest absolute Gasteiger partial charge is 0.329 e. The van der Waals surface area contributed by atoms with E-state index in [0.717, 1.165) is 26.0 Å². The molecule has 0 fully saturated rings. The first-order valence-corrected chi connectivity index (χ1v) is 6.86. The molecule has 0 N–H and O–H groups in total. The summed E-state index contributed by atoms with van der Waals surface area (Å²) in [6.07, 6.45) is 3.73. The molecule has 0 spiro atoms. The van der Waals surface area contributed by atoms with Gasteiger partial charge in [-0.1, -0.05) is 45.4 Å². The number of hydrogen-bond donors (Lipinski definition) is 0. The number of aryl methyl sites for hydroxylation is 1. The van der Waals surface area contributed by atoms with Crippen LogP contribution in [0, 0.1) is 0 Å². The van der Waals surface area contributed by atoms with Crippen molar-refractivity contribution in [2.75, 3.05) is 0 Å². The van der Waals surface area contributed by atoms with Crippen LogP contribution in [0.3, 0.4) is 0 Å². The maximum absolute atomic E-state index is 6.14. The highest BCUT2D eigenvalue weighted by Crippen LogP contribution is 2.27. The Morgan fingerprint density at radius 1 is 1.50 bits per heavy atom. The third-order valence-electron chi connectivity index (χ3n) is 2.15. The molecular formula is C11H10BrClN2S. The van der Waals surface area contributed by atoms with Crippen molar-refractivity contribution in [1.29, 1.82) is 0 Å². The van der Waals surface area contributed by atoms with Crippen molar-refractivity contribution in [1.82, 2.24) is 9.55 Å². The molecule has 0 aliphatic carbocycles. The standard InChI is InChI=1S/C11H10BrClN2S/c1-15-5-4-14-11(15)16-7-8-2-3-9(12)6-10(8)13/h2-6H,7H2,1H3. The van der Waals surface area contributed by atoms with Crippen LogP contribution in [-0.4, -0.2) is 9.55 Å². The molecule has 0 unspecified atom stereocenters. The number of hydrogen-bond acceptors (Lipinski definition) is 2. The summed E-state index contributed by atoms with van der Waals surface area (Å²) in [4.78, 5) is 4.25. The van der Waals surface area contributed by atoms with Crippen LogP contribution in [0.25, 0.3) is 0 Å². The lowest BCUT2D eigenvalue weighted by atomic mass is 10.2. The summed E-state index contributed by atoms with van der Waals surface area (Å²) >= 11 is 11.2. The van der Waals surface area contributed by atoms with Gasteiger partial charge in [0.15, 0.2) is 5.16 Å². The van der Waals surface area contributed by atoms with Gasteiger partial charge < -0.3 is 4.57 Å². The Balaban J connectivity index is 2.08. The zero-order valence-corrected chi connectivity index (χ0v) is 11.8. The molecule has 0 aliphatic heterocycles. The molecule has 2 rings (SSSR count). The van der Waals surface area contributed by atoms with E-state index in [1.165, 1.54) is 0 Å². The quantitative estimate of drug-likeness (QED) is 0.792. The molecule has 0 bridgehead atoms. The highest BCUT2D eigenvalue weighted by molar-refractivity contribution is 9.10. The molecule has 0 aliphatic rings. The number of nitrogens with zero attached hydrogens (tertiary/aromatic N) is 2. The second-order valence-corrected chi connectivity index (χ2v) is 5.61. The zero-order chi connectivity index (χ0) is 11.5. The van der Waals surface area contributed by atoms with Crippen LogP contribution < -0.4 is 0 Å². The van der Waals surface area contributed by atoms with E-state index in [1.54, 1.807) is 18.0 Å². The fourth-order valence-electron chi connectivity index (χ4n) is 1.27. The second-order valence-electron chi connectivity index (χ2n) is 3.35. The normalized spacial score (nSPS) is 10.7. The first kappa shape index (κ1) is 12.0. The average Bonchev–Trinajstić information content (AvgIpc) is 2.63. The highest BCUT2D eigenvalue weighted by Gasteiger charge is 2.04. The lowest BCUT2D eigenvalue weighted by Gasteiger charge is -2.04. The molecule has 2 nitrogen and oxygen atoms in total. The molecular weight excluding hydrogens is 308 g/mol. The number of thioether (sulfide) groups is 1. The van der Waals surface area contributed by atoms with Crippen LogP contribution in [-0.2, 0) is 12.8 Å². The Bertz CT molecular complexity index is 498. The van der Waals surface area contributed by atoms with E-state index in [0.29, 0.717) is 0 Å². The Kier molecular flexibility index (Phi) is 3.95. The maximum atomic E-state index is 6.14. The Labute approximate surface area is 112 Å². The monoisotopic (exact) mass is 316 g/mol. The first-order chi connectivity index (χ1) is 7.66. The van der Waals surface area contributed by atoms with E-state index in [9.17, 15) is 0 Å². The summed E-state index contributed by atoms with van der Waals surface area (Å²) < 4.78 is 3.00. The lowest BCUT2D eigenvalue weighted by Crippen LogP contribution is -1.90. The summed E-state index contributed by atoms with van der Waals surface area (Å²) in [7, 11) is 1.98. The SMILES string of the molecule is Cn1ccnc1SCc1ccc(Br)cc1Cl. The predicted molar refractivity (Wildman–Crippen MR) is 71.9 cm³/mol. The Morgan fingerprint density at radius 3 is 2.94 bits per heavy atom. The van der Waals surface area contributed by atoms with Crippen molar-refractivity contribution < 1.29 is 0 Å². The molecule has 1 aromatic carbocycles. The summed E-state index contributed by atoms with van der Waals surface area (Å²) in [5.74, 6) is 0.830. The number of aromatic nitrogens is 2. The van der Waals surface area contributed by atoms with Gasteiger partial charge in [-0.05, 0) is 17.7 Å². The number of rotatable bonds is 3. The summed E-state index contributed by atoms with van der Waals surface area (Å²) in [5.41, 5.74) is 1.12. The van der Waals surface area contributed by atoms with Crippen LogP contribution in [0.5, 0.6) is 0 Å². The number of imidazole rings is 1. The molecule has 1 aromatic heterocycles. The van der Waals surface area contributed by atoms with Gasteiger partial charge in [0.1, 0.15) is 0 Å². The maximum Gasteiger partial charge on any atom is 0.167 e. The van der Waals surface area contributed by atoms with E-state index in [4.69, 9.17) is 11.6 Å². The van der Waals surface area contributed by atoms with Gasteiger partial charge in [-0.25, -0.2) is 4.98 Å². The zero-order valence-electron chi connectivity index (χ0n) is 8.65. The first-order valence-electron chi connectivity index (χ1n) is 4.71. The Hall–Kier alpha value is -0.450. The average molecular weight is 318 g/mol. The Morgan fingerprint density at radius 2 is 2.31 bits per heavy atom. The van der Waals surface area contributed by atoms with Crippen molar-refractivity contribution in [3.63, 3.8) is 0 Å². The topological polar surface area (TPSA) is 17.8 Å². The molecule has 16 heavy (non-hydrogen) atoms. The van der Waals surface area contributed by atoms with Crippen molar-refractivity contribution in [3.05, 3.63) is 45.7 Å². The van der Waals surface area contributed by atoms with Crippen molar-refractivity contribution in [2.45, 2.75) is 10.9 Å². The van der Waals surface area contributed by atoms with E-state index < -0.39 is 0 Å². The van der Waals surface area contributed by atoms with Crippen LogP contribution in [0.2, 0.25) is 5.02 Å². The van der Waals surface area contributed by atoms with Crippen molar-refractivity contribution in [3.8, 4) is 0 Å². The number of benzene rings is 1. The molecule has 0 atom stereocenters. The van der Waals surface area contributed by atoms with Gasteiger partial charge in [0.2, 0.25) is 0 Å². The number of halogens is 2. The van der Waals surface area contributed by atoms with Crippen LogP contribution in [0.4, 0.5) is 0 Å². The van der Waals surface area contributed by atoms with Crippen LogP contribution in [0.15, 0.2) is 40.2 Å². The van der Waals surface area contributed by atoms with E-state index in [2.05, 4.69) is 20.9 Å². The molecule has 0 amide bonds. The summed E-state index contributed by atoms with van der Waals surface area (Å²) in [6, 6.07) is 5.94. The second kappa shape index (κ2) is 5.25. The minimum atomic E-state index is 0.788. The third kappa shape index (κ3) is 2.81. The van der Waals surface area contributed by atoms with E-state index in [1.807, 2.05) is 36.0 Å². The van der Waals surface area contributed by atoms with Gasteiger partial charge in [-0.3, -0.25) is 0 Å². The predicted octanol–water partition coefficient (Wildman–Crippen LogP) is 4.13. The van der Waals surface area contributed by atoms with E-state index >= 15 is 0 Å². The van der Waals surface area contributed by atoms with Crippen molar-refractivity contribution in [2.24, 2.45) is 7.05 Å². The molecule has 1 heterocycles. The molecule has 84 valence electrons. The molecule has 0 saturated carbocycles. The molecule has 0 saturated heterocycles. The van der Waals surface area contributed by atoms with Gasteiger partial charge in [0, 0.05) is 34.7 Å². The van der Waals surface area contributed by atoms with Gasteiger partial charge in [0.05, 0.1) is 0 Å². The minimum Gasteiger partial charge on any atom is -0.329 e. The fraction of sp³-hybridized carbons (Fsp3) is 0.182. The van der Waals surface area contributed by atoms with Gasteiger partial charge >= 0.3 is 0 Å². The molecule has 2 aromatic rings. The fourth-order valence-corrected chi connectivity index (χ4v) is 3.03. The van der Waals surface area contributed by atoms with Gasteiger partial charge in [0.25, 0.3) is 0 Å². The minimum absolute atomic E-state index is 0.788.